The van der Waals surface area contributed by atoms with E-state index in [0.29, 0.717) is 30.2 Å². The van der Waals surface area contributed by atoms with E-state index in [1.165, 1.54) is 17.0 Å². The van der Waals surface area contributed by atoms with E-state index in [2.05, 4.69) is 20.1 Å². The minimum absolute atomic E-state index is 0.102. The average molecular weight is 447 g/mol. The molecule has 2 fully saturated rings. The van der Waals surface area contributed by atoms with Crippen molar-refractivity contribution in [1.82, 2.24) is 19.5 Å². The van der Waals surface area contributed by atoms with Crippen molar-refractivity contribution < 1.29 is 27.8 Å². The quantitative estimate of drug-likeness (QED) is 0.626. The Morgan fingerprint density at radius 2 is 1.81 bits per heavy atom. The Morgan fingerprint density at radius 1 is 1.12 bits per heavy atom. The Balaban J connectivity index is 1.38. The van der Waals surface area contributed by atoms with Gasteiger partial charge in [0, 0.05) is 30.9 Å². The van der Waals surface area contributed by atoms with Gasteiger partial charge in [0.05, 0.1) is 0 Å². The number of carboxylic acid groups (broad SMARTS) is 1. The highest BCUT2D eigenvalue weighted by Crippen LogP contribution is 2.38. The molecule has 2 aromatic heterocycles. The van der Waals surface area contributed by atoms with E-state index in [1.54, 1.807) is 28.9 Å². The number of pyridine rings is 1. The fourth-order valence-electron chi connectivity index (χ4n) is 4.79. The fraction of sp³-hybridized carbons (Fsp3) is 0.381. The van der Waals surface area contributed by atoms with Gasteiger partial charge in [-0.05, 0) is 54.5 Å². The summed E-state index contributed by atoms with van der Waals surface area (Å²) in [6, 6.07) is 9.31. The predicted molar refractivity (Wildman–Crippen MR) is 108 cm³/mol. The molecule has 168 valence electrons. The van der Waals surface area contributed by atoms with Crippen LogP contribution in [0.5, 0.6) is 5.75 Å². The molecule has 11 heteroatoms. The lowest BCUT2D eigenvalue weighted by Gasteiger charge is -2.36. The van der Waals surface area contributed by atoms with Gasteiger partial charge in [0.25, 0.3) is 0 Å². The number of rotatable bonds is 4. The molecule has 5 rings (SSSR count). The average Bonchev–Trinajstić information content (AvgIpc) is 3.23. The molecule has 1 aromatic carbocycles. The molecule has 1 aliphatic heterocycles. The number of hydrogen-bond acceptors (Lipinski definition) is 5. The number of aromatic nitrogens is 3. The molecule has 3 aromatic rings. The molecular formula is C21H20F3N5O3. The predicted octanol–water partition coefficient (Wildman–Crippen LogP) is 4.10. The molecule has 2 aliphatic rings. The number of nitrogens with one attached hydrogen (secondary N) is 1. The zero-order chi connectivity index (χ0) is 22.5. The number of alkyl halides is 3. The second-order valence-electron chi connectivity index (χ2n) is 8.15. The van der Waals surface area contributed by atoms with Gasteiger partial charge in [-0.3, -0.25) is 0 Å². The summed E-state index contributed by atoms with van der Waals surface area (Å²) >= 11 is 0. The summed E-state index contributed by atoms with van der Waals surface area (Å²) in [4.78, 5) is 17.4. The van der Waals surface area contributed by atoms with Gasteiger partial charge in [-0.2, -0.15) is 4.98 Å². The minimum Gasteiger partial charge on any atom is -0.465 e. The first kappa shape index (κ1) is 20.4. The smallest absolute Gasteiger partial charge is 0.465 e. The maximum Gasteiger partial charge on any atom is 0.573 e. The minimum atomic E-state index is -4.74. The van der Waals surface area contributed by atoms with Crippen molar-refractivity contribution in [2.45, 2.75) is 25.2 Å². The van der Waals surface area contributed by atoms with Crippen LogP contribution in [-0.2, 0) is 0 Å². The van der Waals surface area contributed by atoms with Crippen LogP contribution in [0.15, 0.2) is 42.6 Å². The number of benzene rings is 1. The molecule has 2 unspecified atom stereocenters. The van der Waals surface area contributed by atoms with Gasteiger partial charge in [-0.1, -0.05) is 12.1 Å². The highest BCUT2D eigenvalue weighted by Gasteiger charge is 2.43. The molecule has 8 nitrogen and oxygen atoms in total. The van der Waals surface area contributed by atoms with E-state index in [4.69, 9.17) is 0 Å². The molecule has 1 amide bonds. The van der Waals surface area contributed by atoms with Crippen LogP contribution in [0.1, 0.15) is 12.8 Å². The van der Waals surface area contributed by atoms with E-state index < -0.39 is 12.5 Å². The number of carbonyl (C=O) groups is 1. The summed E-state index contributed by atoms with van der Waals surface area (Å²) in [6.45, 7) is 0.989. The molecule has 32 heavy (non-hydrogen) atoms. The lowest BCUT2D eigenvalue weighted by atomic mass is 9.92. The van der Waals surface area contributed by atoms with Crippen molar-refractivity contribution in [3.63, 3.8) is 0 Å². The maximum atomic E-state index is 12.4. The van der Waals surface area contributed by atoms with Gasteiger partial charge in [0.2, 0.25) is 5.95 Å². The zero-order valence-corrected chi connectivity index (χ0v) is 16.8. The Bertz CT molecular complexity index is 1130. The van der Waals surface area contributed by atoms with Crippen LogP contribution in [0.2, 0.25) is 0 Å². The fourth-order valence-corrected chi connectivity index (χ4v) is 4.79. The van der Waals surface area contributed by atoms with E-state index in [1.807, 2.05) is 6.07 Å². The number of hydrogen-bond donors (Lipinski definition) is 2. The van der Waals surface area contributed by atoms with Gasteiger partial charge in [-0.25, -0.2) is 9.31 Å². The Morgan fingerprint density at radius 3 is 2.44 bits per heavy atom. The van der Waals surface area contributed by atoms with Crippen molar-refractivity contribution >= 4 is 17.7 Å². The number of likely N-dealkylation sites (tertiary alicyclic amines) is 1. The number of ether oxygens (including phenoxy) is 1. The normalized spacial score (nSPS) is 22.8. The Labute approximate surface area is 180 Å². The molecule has 2 atom stereocenters. The molecular weight excluding hydrogens is 427 g/mol. The third-order valence-electron chi connectivity index (χ3n) is 6.16. The molecule has 2 bridgehead atoms. The van der Waals surface area contributed by atoms with Crippen LogP contribution >= 0.6 is 0 Å². The van der Waals surface area contributed by atoms with Crippen LogP contribution in [0.25, 0.3) is 16.8 Å². The standard InChI is InChI=1S/C21H20F3N5O3/c22-21(23,24)32-15-7-5-12(6-8-15)16-2-1-9-29-18(16)26-19(27-29)25-17-13-3-4-14(17)11-28(10-13)20(30)31/h1-2,5-9,13-14,17H,3-4,10-11H2,(H,25,27)(H,30,31). The first-order chi connectivity index (χ1) is 15.3. The lowest BCUT2D eigenvalue weighted by Crippen LogP contribution is -2.49. The molecule has 0 radical (unpaired) electrons. The highest BCUT2D eigenvalue weighted by atomic mass is 19.4. The number of piperidine rings is 1. The molecule has 1 aliphatic carbocycles. The Kier molecular flexibility index (Phi) is 4.83. The lowest BCUT2D eigenvalue weighted by molar-refractivity contribution is -0.274. The van der Waals surface area contributed by atoms with Crippen molar-refractivity contribution in [2.75, 3.05) is 18.4 Å². The third-order valence-corrected chi connectivity index (χ3v) is 6.16. The van der Waals surface area contributed by atoms with Crippen LogP contribution in [0, 0.1) is 11.8 Å². The second kappa shape index (κ2) is 7.57. The van der Waals surface area contributed by atoms with Gasteiger partial charge in [0.15, 0.2) is 5.65 Å². The SMILES string of the molecule is O=C(O)N1CC2CCC(C1)C2Nc1nc2c(-c3ccc(OC(F)(F)F)cc3)cccn2n1. The van der Waals surface area contributed by atoms with Crippen molar-refractivity contribution in [3.05, 3.63) is 42.6 Å². The molecule has 3 heterocycles. The molecule has 0 spiro atoms. The highest BCUT2D eigenvalue weighted by molar-refractivity contribution is 5.78. The summed E-state index contributed by atoms with van der Waals surface area (Å²) in [5.41, 5.74) is 1.96. The van der Waals surface area contributed by atoms with Gasteiger partial charge >= 0.3 is 12.5 Å². The number of halogens is 3. The van der Waals surface area contributed by atoms with Crippen molar-refractivity contribution in [1.29, 1.82) is 0 Å². The second-order valence-corrected chi connectivity index (χ2v) is 8.15. The summed E-state index contributed by atoms with van der Waals surface area (Å²) in [5.74, 6) is 0.564. The van der Waals surface area contributed by atoms with Crippen molar-refractivity contribution in [3.8, 4) is 16.9 Å². The van der Waals surface area contributed by atoms with Crippen LogP contribution in [-0.4, -0.2) is 56.2 Å². The van der Waals surface area contributed by atoms with E-state index >= 15 is 0 Å². The van der Waals surface area contributed by atoms with E-state index in [-0.39, 0.29) is 23.6 Å². The van der Waals surface area contributed by atoms with Gasteiger partial charge < -0.3 is 20.1 Å². The van der Waals surface area contributed by atoms with Gasteiger partial charge in [0.1, 0.15) is 5.75 Å². The Hall–Kier alpha value is -3.50. The van der Waals surface area contributed by atoms with Crippen LogP contribution < -0.4 is 10.1 Å². The van der Waals surface area contributed by atoms with Gasteiger partial charge in [-0.15, -0.1) is 18.3 Å². The third kappa shape index (κ3) is 3.90. The number of nitrogens with zero attached hydrogens (tertiary/aromatic N) is 4. The van der Waals surface area contributed by atoms with Crippen LogP contribution in [0.3, 0.4) is 0 Å². The molecule has 1 saturated carbocycles. The largest absolute Gasteiger partial charge is 0.573 e. The number of anilines is 1. The zero-order valence-electron chi connectivity index (χ0n) is 16.8. The molecule has 1 saturated heterocycles. The topological polar surface area (TPSA) is 92.0 Å². The monoisotopic (exact) mass is 447 g/mol. The van der Waals surface area contributed by atoms with E-state index in [9.17, 15) is 23.1 Å². The summed E-state index contributed by atoms with van der Waals surface area (Å²) in [6.07, 6.45) is -1.97. The molecule has 2 N–H and O–H groups in total. The first-order valence-electron chi connectivity index (χ1n) is 10.2. The summed E-state index contributed by atoms with van der Waals surface area (Å²) < 4.78 is 42.8. The van der Waals surface area contributed by atoms with Crippen molar-refractivity contribution in [2.24, 2.45) is 11.8 Å². The number of amides is 1. The summed E-state index contributed by atoms with van der Waals surface area (Å²) in [5, 5.41) is 17.2. The van der Waals surface area contributed by atoms with E-state index in [0.717, 1.165) is 18.4 Å². The number of fused-ring (bicyclic) bond motifs is 3. The van der Waals surface area contributed by atoms with Crippen LogP contribution in [0.4, 0.5) is 23.9 Å². The summed E-state index contributed by atoms with van der Waals surface area (Å²) in [7, 11) is 0. The maximum absolute atomic E-state index is 12.4. The first-order valence-corrected chi connectivity index (χ1v) is 10.2.